The normalized spacial score (nSPS) is 29.5. The SMILES string of the molecule is O=S(=O)(O[C@@H]1C[C@H]2c3ccccc3[C@@H]1[C@@H]2Cl)c1ccccc1. The smallest absolute Gasteiger partial charge is 0.262 e. The molecule has 0 aromatic heterocycles. The quantitative estimate of drug-likeness (QED) is 0.635. The minimum atomic E-state index is -3.75. The summed E-state index contributed by atoms with van der Waals surface area (Å²) in [6.45, 7) is 0. The Bertz CT molecular complexity index is 804. The number of hydrogen-bond donors (Lipinski definition) is 0. The number of benzene rings is 2. The van der Waals surface area contributed by atoms with Gasteiger partial charge < -0.3 is 0 Å². The molecule has 0 heterocycles. The van der Waals surface area contributed by atoms with Gasteiger partial charge in [0.25, 0.3) is 10.1 Å². The minimum absolute atomic E-state index is 0.0543. The van der Waals surface area contributed by atoms with Crippen molar-refractivity contribution < 1.29 is 12.6 Å². The topological polar surface area (TPSA) is 43.4 Å². The maximum atomic E-state index is 12.4. The molecule has 0 N–H and O–H groups in total. The van der Waals surface area contributed by atoms with E-state index >= 15 is 0 Å². The maximum absolute atomic E-state index is 12.4. The Balaban J connectivity index is 1.65. The van der Waals surface area contributed by atoms with E-state index in [4.69, 9.17) is 15.8 Å². The van der Waals surface area contributed by atoms with Crippen molar-refractivity contribution in [3.05, 3.63) is 65.7 Å². The molecular formula is C17H15ClO3S. The van der Waals surface area contributed by atoms with E-state index in [2.05, 4.69) is 6.07 Å². The molecule has 4 rings (SSSR count). The number of rotatable bonds is 3. The molecule has 0 saturated heterocycles. The van der Waals surface area contributed by atoms with E-state index < -0.39 is 10.1 Å². The van der Waals surface area contributed by atoms with Crippen molar-refractivity contribution in [2.24, 2.45) is 0 Å². The van der Waals surface area contributed by atoms with Crippen molar-refractivity contribution in [2.75, 3.05) is 0 Å². The van der Waals surface area contributed by atoms with Crippen LogP contribution in [0.2, 0.25) is 0 Å². The van der Waals surface area contributed by atoms with Crippen LogP contribution in [0.15, 0.2) is 59.5 Å². The fraction of sp³-hybridized carbons (Fsp3) is 0.294. The summed E-state index contributed by atoms with van der Waals surface area (Å²) in [5.41, 5.74) is 2.37. The molecule has 2 aliphatic rings. The molecule has 2 aromatic carbocycles. The summed E-state index contributed by atoms with van der Waals surface area (Å²) >= 11 is 6.54. The summed E-state index contributed by atoms with van der Waals surface area (Å²) in [6.07, 6.45) is 0.273. The third-order valence-electron chi connectivity index (χ3n) is 4.65. The Labute approximate surface area is 135 Å². The molecule has 114 valence electrons. The average molecular weight is 335 g/mol. The lowest BCUT2D eigenvalue weighted by molar-refractivity contribution is 0.192. The predicted octanol–water partition coefficient (Wildman–Crippen LogP) is 3.65. The van der Waals surface area contributed by atoms with Crippen LogP contribution in [-0.2, 0) is 14.3 Å². The zero-order valence-corrected chi connectivity index (χ0v) is 13.3. The van der Waals surface area contributed by atoms with E-state index in [0.29, 0.717) is 6.42 Å². The van der Waals surface area contributed by atoms with Crippen LogP contribution in [-0.4, -0.2) is 19.9 Å². The van der Waals surface area contributed by atoms with Gasteiger partial charge in [-0.05, 0) is 29.7 Å². The van der Waals surface area contributed by atoms with Gasteiger partial charge in [0.05, 0.1) is 11.0 Å². The lowest BCUT2D eigenvalue weighted by Gasteiger charge is -2.24. The molecule has 5 heteroatoms. The Hall–Kier alpha value is -1.36. The highest BCUT2D eigenvalue weighted by Gasteiger charge is 2.52. The fourth-order valence-corrected chi connectivity index (χ4v) is 5.37. The van der Waals surface area contributed by atoms with Crippen molar-refractivity contribution in [1.29, 1.82) is 0 Å². The highest BCUT2D eigenvalue weighted by atomic mass is 35.5. The molecule has 0 aliphatic heterocycles. The van der Waals surface area contributed by atoms with Crippen molar-refractivity contribution in [2.45, 2.75) is 34.6 Å². The molecule has 4 atom stereocenters. The molecule has 2 aliphatic carbocycles. The van der Waals surface area contributed by atoms with E-state index in [1.165, 1.54) is 5.56 Å². The van der Waals surface area contributed by atoms with Crippen LogP contribution in [0.5, 0.6) is 0 Å². The van der Waals surface area contributed by atoms with Gasteiger partial charge in [-0.2, -0.15) is 8.42 Å². The van der Waals surface area contributed by atoms with Crippen LogP contribution in [0.1, 0.15) is 29.4 Å². The Morgan fingerprint density at radius 2 is 1.59 bits per heavy atom. The van der Waals surface area contributed by atoms with Crippen LogP contribution in [0.3, 0.4) is 0 Å². The fourth-order valence-electron chi connectivity index (χ4n) is 3.71. The van der Waals surface area contributed by atoms with E-state index in [-0.39, 0.29) is 28.2 Å². The molecule has 0 radical (unpaired) electrons. The first-order chi connectivity index (χ1) is 10.6. The summed E-state index contributed by atoms with van der Waals surface area (Å²) in [7, 11) is -3.75. The highest BCUT2D eigenvalue weighted by Crippen LogP contribution is 2.56. The monoisotopic (exact) mass is 334 g/mol. The first kappa shape index (κ1) is 14.2. The molecule has 0 amide bonds. The first-order valence-corrected chi connectivity index (χ1v) is 9.13. The summed E-state index contributed by atoms with van der Waals surface area (Å²) in [5.74, 6) is 0.125. The van der Waals surface area contributed by atoms with Crippen LogP contribution in [0.4, 0.5) is 0 Å². The number of hydrogen-bond acceptors (Lipinski definition) is 3. The number of halogens is 1. The standard InChI is InChI=1S/C17H15ClO3S/c18-17-14-10-15(16(17)13-9-5-4-8-12(13)14)21-22(19,20)11-6-2-1-3-7-11/h1-9,14-17H,10H2/t14-,15+,16-,17+/m0/s1. The Kier molecular flexibility index (Phi) is 3.29. The predicted molar refractivity (Wildman–Crippen MR) is 84.7 cm³/mol. The minimum Gasteiger partial charge on any atom is -0.262 e. The highest BCUT2D eigenvalue weighted by molar-refractivity contribution is 7.86. The van der Waals surface area contributed by atoms with Gasteiger partial charge in [0, 0.05) is 17.2 Å². The molecule has 0 unspecified atom stereocenters. The molecule has 2 bridgehead atoms. The van der Waals surface area contributed by atoms with Gasteiger partial charge >= 0.3 is 0 Å². The zero-order valence-electron chi connectivity index (χ0n) is 11.7. The summed E-state index contributed by atoms with van der Waals surface area (Å²) in [5, 5.41) is -0.0895. The maximum Gasteiger partial charge on any atom is 0.297 e. The average Bonchev–Trinajstić information content (AvgIpc) is 2.98. The van der Waals surface area contributed by atoms with Crippen LogP contribution < -0.4 is 0 Å². The molecular weight excluding hydrogens is 320 g/mol. The summed E-state index contributed by atoms with van der Waals surface area (Å²) < 4.78 is 30.4. The molecule has 22 heavy (non-hydrogen) atoms. The number of fused-ring (bicyclic) bond motifs is 5. The second-order valence-corrected chi connectivity index (χ2v) is 7.92. The largest absolute Gasteiger partial charge is 0.297 e. The summed E-state index contributed by atoms with van der Waals surface area (Å²) in [4.78, 5) is 0.192. The lowest BCUT2D eigenvalue weighted by Crippen LogP contribution is -2.24. The Morgan fingerprint density at radius 3 is 2.32 bits per heavy atom. The van der Waals surface area contributed by atoms with Gasteiger partial charge in [0.2, 0.25) is 0 Å². The molecule has 1 saturated carbocycles. The van der Waals surface area contributed by atoms with Gasteiger partial charge in [-0.25, -0.2) is 0 Å². The molecule has 1 fully saturated rings. The second-order valence-electron chi connectivity index (χ2n) is 5.84. The lowest BCUT2D eigenvalue weighted by atomic mass is 9.90. The molecule has 2 aromatic rings. The molecule has 3 nitrogen and oxygen atoms in total. The van der Waals surface area contributed by atoms with Gasteiger partial charge in [-0.1, -0.05) is 42.5 Å². The van der Waals surface area contributed by atoms with Gasteiger partial charge in [0.15, 0.2) is 0 Å². The van der Waals surface area contributed by atoms with Crippen molar-refractivity contribution in [3.8, 4) is 0 Å². The van der Waals surface area contributed by atoms with Crippen molar-refractivity contribution in [1.82, 2.24) is 0 Å². The van der Waals surface area contributed by atoms with E-state index in [1.807, 2.05) is 18.2 Å². The van der Waals surface area contributed by atoms with Crippen molar-refractivity contribution >= 4 is 21.7 Å². The van der Waals surface area contributed by atoms with E-state index in [9.17, 15) is 8.42 Å². The van der Waals surface area contributed by atoms with Crippen molar-refractivity contribution in [3.63, 3.8) is 0 Å². The molecule has 0 spiro atoms. The zero-order chi connectivity index (χ0) is 15.3. The van der Waals surface area contributed by atoms with E-state index in [0.717, 1.165) is 5.56 Å². The van der Waals surface area contributed by atoms with Crippen LogP contribution >= 0.6 is 11.6 Å². The van der Waals surface area contributed by atoms with Crippen LogP contribution in [0.25, 0.3) is 0 Å². The third kappa shape index (κ3) is 2.09. The Morgan fingerprint density at radius 1 is 0.955 bits per heavy atom. The van der Waals surface area contributed by atoms with E-state index in [1.54, 1.807) is 30.3 Å². The number of alkyl halides is 1. The van der Waals surface area contributed by atoms with Gasteiger partial charge in [0.1, 0.15) is 0 Å². The third-order valence-corrected chi connectivity index (χ3v) is 6.58. The van der Waals surface area contributed by atoms with Crippen LogP contribution in [0, 0.1) is 0 Å². The van der Waals surface area contributed by atoms with Gasteiger partial charge in [-0.15, -0.1) is 11.6 Å². The second kappa shape index (κ2) is 5.08. The van der Waals surface area contributed by atoms with Gasteiger partial charge in [-0.3, -0.25) is 4.18 Å². The summed E-state index contributed by atoms with van der Waals surface area (Å²) in [6, 6.07) is 16.3. The first-order valence-electron chi connectivity index (χ1n) is 7.29.